The van der Waals surface area contributed by atoms with Crippen molar-refractivity contribution in [2.24, 2.45) is 0 Å². The van der Waals surface area contributed by atoms with Gasteiger partial charge in [0.2, 0.25) is 5.60 Å². The summed E-state index contributed by atoms with van der Waals surface area (Å²) in [5, 5.41) is 2.57. The maximum atomic E-state index is 13.2. The molecular weight excluding hydrogens is 273 g/mol. The topological polar surface area (TPSA) is 58.7 Å². The summed E-state index contributed by atoms with van der Waals surface area (Å²) < 4.78 is 18.7. The van der Waals surface area contributed by atoms with Crippen LogP contribution in [0.1, 0.15) is 15.9 Å². The van der Waals surface area contributed by atoms with Crippen LogP contribution in [-0.2, 0) is 15.1 Å². The lowest BCUT2D eigenvalue weighted by Crippen LogP contribution is -2.27. The molecule has 1 N–H and O–H groups in total. The van der Waals surface area contributed by atoms with Gasteiger partial charge in [-0.3, -0.25) is 9.59 Å². The van der Waals surface area contributed by atoms with Gasteiger partial charge in [-0.15, -0.1) is 0 Å². The molecule has 2 aromatic carbocycles. The minimum atomic E-state index is -1.30. The van der Waals surface area contributed by atoms with E-state index in [4.69, 9.17) is 4.74 Å². The van der Waals surface area contributed by atoms with Gasteiger partial charge in [0, 0.05) is 11.1 Å². The Hall–Kier alpha value is -2.53. The summed E-state index contributed by atoms with van der Waals surface area (Å²) in [6, 6.07) is 12.6. The summed E-state index contributed by atoms with van der Waals surface area (Å²) in [6.07, 6.45) is -0.855. The SMILES string of the molecule is O=C(c1ccccc1)[C@@H]1O[C@]12C(=O)Nc1cc(F)ccc12. The first-order valence-electron chi connectivity index (χ1n) is 6.51. The highest BCUT2D eigenvalue weighted by atomic mass is 19.1. The number of nitrogens with one attached hydrogen (secondary N) is 1. The average molecular weight is 283 g/mol. The molecule has 5 heteroatoms. The molecule has 0 aliphatic carbocycles. The Morgan fingerprint density at radius 1 is 1.19 bits per heavy atom. The second-order valence-corrected chi connectivity index (χ2v) is 5.11. The monoisotopic (exact) mass is 283 g/mol. The molecule has 2 heterocycles. The van der Waals surface area contributed by atoms with Crippen LogP contribution in [0.4, 0.5) is 10.1 Å². The standard InChI is InChI=1S/C16H10FNO3/c17-10-6-7-11-12(8-10)18-15(20)16(11)14(21-16)13(19)9-4-2-1-3-5-9/h1-8,14H,(H,18,20)/t14-,16-/m0/s1. The molecule has 0 aromatic heterocycles. The van der Waals surface area contributed by atoms with Gasteiger partial charge in [-0.25, -0.2) is 4.39 Å². The van der Waals surface area contributed by atoms with Gasteiger partial charge in [-0.2, -0.15) is 0 Å². The molecular formula is C16H10FNO3. The normalized spacial score (nSPS) is 25.6. The van der Waals surface area contributed by atoms with Gasteiger partial charge in [0.1, 0.15) is 5.82 Å². The maximum absolute atomic E-state index is 13.2. The van der Waals surface area contributed by atoms with Crippen molar-refractivity contribution in [3.63, 3.8) is 0 Å². The molecule has 1 spiro atoms. The Balaban J connectivity index is 1.73. The zero-order valence-corrected chi connectivity index (χ0v) is 10.8. The van der Waals surface area contributed by atoms with E-state index in [0.717, 1.165) is 0 Å². The van der Waals surface area contributed by atoms with Crippen molar-refractivity contribution in [3.05, 3.63) is 65.5 Å². The van der Waals surface area contributed by atoms with E-state index in [1.54, 1.807) is 30.3 Å². The number of anilines is 1. The van der Waals surface area contributed by atoms with E-state index >= 15 is 0 Å². The lowest BCUT2D eigenvalue weighted by atomic mass is 9.92. The first-order chi connectivity index (χ1) is 10.1. The summed E-state index contributed by atoms with van der Waals surface area (Å²) in [7, 11) is 0. The quantitative estimate of drug-likeness (QED) is 0.679. The second-order valence-electron chi connectivity index (χ2n) is 5.11. The van der Waals surface area contributed by atoms with Gasteiger partial charge in [-0.1, -0.05) is 36.4 Å². The zero-order chi connectivity index (χ0) is 14.6. The third-order valence-electron chi connectivity index (χ3n) is 3.88. The number of halogens is 1. The minimum Gasteiger partial charge on any atom is -0.342 e. The van der Waals surface area contributed by atoms with Crippen molar-refractivity contribution < 1.29 is 18.7 Å². The van der Waals surface area contributed by atoms with E-state index < -0.39 is 23.4 Å². The Kier molecular flexibility index (Phi) is 2.32. The Labute approximate surface area is 119 Å². The van der Waals surface area contributed by atoms with Gasteiger partial charge in [-0.05, 0) is 12.1 Å². The number of hydrogen-bond donors (Lipinski definition) is 1. The molecule has 21 heavy (non-hydrogen) atoms. The van der Waals surface area contributed by atoms with Crippen molar-refractivity contribution in [1.82, 2.24) is 0 Å². The largest absolute Gasteiger partial charge is 0.342 e. The number of ether oxygens (including phenoxy) is 1. The number of amides is 1. The van der Waals surface area contributed by atoms with Crippen LogP contribution in [0.25, 0.3) is 0 Å². The molecule has 2 atom stereocenters. The summed E-state index contributed by atoms with van der Waals surface area (Å²) in [5.41, 5.74) is 0.0740. The molecule has 0 radical (unpaired) electrons. The van der Waals surface area contributed by atoms with E-state index in [-0.39, 0.29) is 5.78 Å². The van der Waals surface area contributed by atoms with Crippen LogP contribution >= 0.6 is 0 Å². The van der Waals surface area contributed by atoms with Crippen molar-refractivity contribution in [2.45, 2.75) is 11.7 Å². The smallest absolute Gasteiger partial charge is 0.264 e. The van der Waals surface area contributed by atoms with Gasteiger partial charge >= 0.3 is 0 Å². The summed E-state index contributed by atoms with van der Waals surface area (Å²) in [5.74, 6) is -1.11. The predicted octanol–water partition coefficient (Wildman–Crippen LogP) is 2.25. The summed E-state index contributed by atoms with van der Waals surface area (Å²) in [4.78, 5) is 24.6. The van der Waals surface area contributed by atoms with E-state index in [2.05, 4.69) is 5.32 Å². The van der Waals surface area contributed by atoms with Crippen LogP contribution in [-0.4, -0.2) is 17.8 Å². The van der Waals surface area contributed by atoms with Crippen LogP contribution < -0.4 is 5.32 Å². The Bertz CT molecular complexity index is 774. The van der Waals surface area contributed by atoms with Crippen molar-refractivity contribution in [2.75, 3.05) is 5.32 Å². The number of benzene rings is 2. The molecule has 2 aromatic rings. The molecule has 0 saturated carbocycles. The molecule has 104 valence electrons. The lowest BCUT2D eigenvalue weighted by Gasteiger charge is -2.02. The highest BCUT2D eigenvalue weighted by molar-refractivity contribution is 6.15. The first-order valence-corrected chi connectivity index (χ1v) is 6.51. The zero-order valence-electron chi connectivity index (χ0n) is 10.8. The number of hydrogen-bond acceptors (Lipinski definition) is 3. The van der Waals surface area contributed by atoms with Crippen molar-refractivity contribution in [3.8, 4) is 0 Å². The van der Waals surface area contributed by atoms with Crippen molar-refractivity contribution >= 4 is 17.4 Å². The van der Waals surface area contributed by atoms with Gasteiger partial charge in [0.15, 0.2) is 11.9 Å². The van der Waals surface area contributed by atoms with Gasteiger partial charge in [0.05, 0.1) is 5.69 Å². The number of carbonyl (C=O) groups is 2. The van der Waals surface area contributed by atoms with E-state index in [0.29, 0.717) is 16.8 Å². The molecule has 0 bridgehead atoms. The van der Waals surface area contributed by atoms with Gasteiger partial charge in [0.25, 0.3) is 5.91 Å². The number of carbonyl (C=O) groups excluding carboxylic acids is 2. The van der Waals surface area contributed by atoms with E-state index in [1.807, 2.05) is 0 Å². The minimum absolute atomic E-state index is 0.247. The number of fused-ring (bicyclic) bond motifs is 2. The molecule has 1 amide bonds. The maximum Gasteiger partial charge on any atom is 0.264 e. The van der Waals surface area contributed by atoms with Crippen LogP contribution in [0.3, 0.4) is 0 Å². The van der Waals surface area contributed by atoms with Crippen LogP contribution in [0.15, 0.2) is 48.5 Å². The summed E-state index contributed by atoms with van der Waals surface area (Å²) >= 11 is 0. The van der Waals surface area contributed by atoms with Crippen LogP contribution in [0.5, 0.6) is 0 Å². The number of Topliss-reactive ketones (excluding diaryl/α,β-unsaturated/α-hetero) is 1. The third kappa shape index (κ3) is 1.58. The summed E-state index contributed by atoms with van der Waals surface area (Å²) in [6.45, 7) is 0. The number of rotatable bonds is 2. The highest BCUT2D eigenvalue weighted by Crippen LogP contribution is 2.54. The molecule has 2 aliphatic heterocycles. The lowest BCUT2D eigenvalue weighted by molar-refractivity contribution is -0.120. The third-order valence-corrected chi connectivity index (χ3v) is 3.88. The van der Waals surface area contributed by atoms with E-state index in [9.17, 15) is 14.0 Å². The molecule has 1 saturated heterocycles. The number of epoxide rings is 1. The molecule has 4 rings (SSSR count). The van der Waals surface area contributed by atoms with Crippen LogP contribution in [0, 0.1) is 5.82 Å². The van der Waals surface area contributed by atoms with Crippen molar-refractivity contribution in [1.29, 1.82) is 0 Å². The highest BCUT2D eigenvalue weighted by Gasteiger charge is 2.70. The van der Waals surface area contributed by atoms with Crippen LogP contribution in [0.2, 0.25) is 0 Å². The van der Waals surface area contributed by atoms with Gasteiger partial charge < -0.3 is 10.1 Å². The Morgan fingerprint density at radius 3 is 2.71 bits per heavy atom. The fraction of sp³-hybridized carbons (Fsp3) is 0.125. The first kappa shape index (κ1) is 12.2. The fourth-order valence-corrected chi connectivity index (χ4v) is 2.80. The number of ketones is 1. The Morgan fingerprint density at radius 2 is 1.95 bits per heavy atom. The predicted molar refractivity (Wildman–Crippen MR) is 72.4 cm³/mol. The molecule has 1 fully saturated rings. The fourth-order valence-electron chi connectivity index (χ4n) is 2.80. The second kappa shape index (κ2) is 3.99. The molecule has 4 nitrogen and oxygen atoms in total. The molecule has 2 aliphatic rings. The van der Waals surface area contributed by atoms with E-state index in [1.165, 1.54) is 18.2 Å². The molecule has 0 unspecified atom stereocenters. The average Bonchev–Trinajstić information content (AvgIpc) is 3.17.